The molecule has 2 rings (SSSR count). The van der Waals surface area contributed by atoms with Crippen LogP contribution in [0.15, 0.2) is 36.4 Å². The number of amides is 1. The first-order valence-electron chi connectivity index (χ1n) is 6.67. The second-order valence-electron chi connectivity index (χ2n) is 4.62. The van der Waals surface area contributed by atoms with Crippen molar-refractivity contribution in [2.45, 2.75) is 12.8 Å². The van der Waals surface area contributed by atoms with Crippen LogP contribution in [0.4, 0.5) is 0 Å². The average Bonchev–Trinajstić information content (AvgIpc) is 2.50. The van der Waals surface area contributed by atoms with Gasteiger partial charge in [-0.25, -0.2) is 4.79 Å². The van der Waals surface area contributed by atoms with E-state index in [1.54, 1.807) is 13.1 Å². The molecule has 2 N–H and O–H groups in total. The fourth-order valence-corrected chi connectivity index (χ4v) is 2.20. The van der Waals surface area contributed by atoms with E-state index in [2.05, 4.69) is 5.32 Å². The van der Waals surface area contributed by atoms with Gasteiger partial charge in [-0.3, -0.25) is 4.79 Å². The molecule has 0 unspecified atom stereocenters. The van der Waals surface area contributed by atoms with Gasteiger partial charge in [0.15, 0.2) is 6.61 Å². The molecule has 0 spiro atoms. The lowest BCUT2D eigenvalue weighted by Gasteiger charge is -2.10. The summed E-state index contributed by atoms with van der Waals surface area (Å²) < 4.78 is 5.30. The summed E-state index contributed by atoms with van der Waals surface area (Å²) in [5.41, 5.74) is 1.04. The SMILES string of the molecule is CNC(=O)CCc1cccc2c(OCC(=O)O)cccc12. The average molecular weight is 287 g/mol. The highest BCUT2D eigenvalue weighted by Gasteiger charge is 2.08. The number of aryl methyl sites for hydroxylation is 1. The Balaban J connectivity index is 2.30. The van der Waals surface area contributed by atoms with E-state index in [0.29, 0.717) is 18.6 Å². The van der Waals surface area contributed by atoms with E-state index < -0.39 is 5.97 Å². The molecule has 0 aromatic heterocycles. The molecule has 0 atom stereocenters. The van der Waals surface area contributed by atoms with Crippen molar-refractivity contribution in [3.63, 3.8) is 0 Å². The molecule has 2 aromatic carbocycles. The van der Waals surface area contributed by atoms with Gasteiger partial charge < -0.3 is 15.2 Å². The summed E-state index contributed by atoms with van der Waals surface area (Å²) in [6.07, 6.45) is 1.04. The Hall–Kier alpha value is -2.56. The van der Waals surface area contributed by atoms with Gasteiger partial charge in [-0.05, 0) is 23.4 Å². The van der Waals surface area contributed by atoms with Gasteiger partial charge in [0.05, 0.1) is 0 Å². The van der Waals surface area contributed by atoms with Crippen LogP contribution in [0.3, 0.4) is 0 Å². The van der Waals surface area contributed by atoms with Crippen molar-refractivity contribution < 1.29 is 19.4 Å². The molecule has 0 fully saturated rings. The molecule has 0 bridgehead atoms. The monoisotopic (exact) mass is 287 g/mol. The minimum Gasteiger partial charge on any atom is -0.481 e. The molecule has 21 heavy (non-hydrogen) atoms. The molecule has 5 nitrogen and oxygen atoms in total. The fourth-order valence-electron chi connectivity index (χ4n) is 2.20. The number of carboxylic acids is 1. The number of nitrogens with one attached hydrogen (secondary N) is 1. The van der Waals surface area contributed by atoms with Crippen LogP contribution in [-0.2, 0) is 16.0 Å². The molecular weight excluding hydrogens is 270 g/mol. The number of ether oxygens (including phenoxy) is 1. The Morgan fingerprint density at radius 3 is 2.57 bits per heavy atom. The largest absolute Gasteiger partial charge is 0.481 e. The zero-order valence-corrected chi connectivity index (χ0v) is 11.8. The Labute approximate surface area is 122 Å². The van der Waals surface area contributed by atoms with Crippen molar-refractivity contribution in [1.29, 1.82) is 0 Å². The molecular formula is C16H17NO4. The van der Waals surface area contributed by atoms with E-state index in [4.69, 9.17) is 9.84 Å². The maximum absolute atomic E-state index is 11.4. The van der Waals surface area contributed by atoms with Gasteiger partial charge in [0.25, 0.3) is 0 Å². The van der Waals surface area contributed by atoms with Crippen molar-refractivity contribution in [3.05, 3.63) is 42.0 Å². The molecule has 2 aromatic rings. The number of benzene rings is 2. The maximum atomic E-state index is 11.4. The topological polar surface area (TPSA) is 75.6 Å². The van der Waals surface area contributed by atoms with Gasteiger partial charge >= 0.3 is 5.97 Å². The first kappa shape index (κ1) is 14.8. The zero-order valence-electron chi connectivity index (χ0n) is 11.8. The summed E-state index contributed by atoms with van der Waals surface area (Å²) in [4.78, 5) is 22.0. The van der Waals surface area contributed by atoms with Gasteiger partial charge in [0.2, 0.25) is 5.91 Å². The van der Waals surface area contributed by atoms with Gasteiger partial charge in [-0.15, -0.1) is 0 Å². The number of carboxylic acid groups (broad SMARTS) is 1. The fraction of sp³-hybridized carbons (Fsp3) is 0.250. The molecule has 0 aliphatic rings. The van der Waals surface area contributed by atoms with Crippen LogP contribution in [-0.4, -0.2) is 30.6 Å². The molecule has 0 aliphatic carbocycles. The van der Waals surface area contributed by atoms with Crippen molar-refractivity contribution in [2.24, 2.45) is 0 Å². The van der Waals surface area contributed by atoms with Crippen LogP contribution in [0.1, 0.15) is 12.0 Å². The first-order chi connectivity index (χ1) is 10.1. The number of fused-ring (bicyclic) bond motifs is 1. The van der Waals surface area contributed by atoms with Crippen LogP contribution in [0.25, 0.3) is 10.8 Å². The Morgan fingerprint density at radius 1 is 1.14 bits per heavy atom. The van der Waals surface area contributed by atoms with E-state index >= 15 is 0 Å². The van der Waals surface area contributed by atoms with Gasteiger partial charge in [0.1, 0.15) is 5.75 Å². The Bertz CT molecular complexity index is 666. The molecule has 0 heterocycles. The molecule has 0 saturated carbocycles. The highest BCUT2D eigenvalue weighted by Crippen LogP contribution is 2.28. The molecule has 0 radical (unpaired) electrons. The third-order valence-corrected chi connectivity index (χ3v) is 3.22. The summed E-state index contributed by atoms with van der Waals surface area (Å²) in [6, 6.07) is 11.2. The van der Waals surface area contributed by atoms with Crippen LogP contribution in [0.2, 0.25) is 0 Å². The van der Waals surface area contributed by atoms with Crippen molar-refractivity contribution >= 4 is 22.6 Å². The van der Waals surface area contributed by atoms with Crippen molar-refractivity contribution in [3.8, 4) is 5.75 Å². The number of carbonyl (C=O) groups excluding carboxylic acids is 1. The normalized spacial score (nSPS) is 10.3. The van der Waals surface area contributed by atoms with Gasteiger partial charge in [0, 0.05) is 18.9 Å². The van der Waals surface area contributed by atoms with E-state index in [-0.39, 0.29) is 12.5 Å². The molecule has 0 aliphatic heterocycles. The van der Waals surface area contributed by atoms with E-state index in [0.717, 1.165) is 16.3 Å². The van der Waals surface area contributed by atoms with Crippen LogP contribution in [0, 0.1) is 0 Å². The zero-order chi connectivity index (χ0) is 15.2. The Kier molecular flexibility index (Phi) is 4.77. The van der Waals surface area contributed by atoms with Gasteiger partial charge in [-0.2, -0.15) is 0 Å². The van der Waals surface area contributed by atoms with Crippen molar-refractivity contribution in [2.75, 3.05) is 13.7 Å². The van der Waals surface area contributed by atoms with Crippen LogP contribution >= 0.6 is 0 Å². The summed E-state index contributed by atoms with van der Waals surface area (Å²) in [6.45, 7) is -0.373. The smallest absolute Gasteiger partial charge is 0.341 e. The van der Waals surface area contributed by atoms with Crippen LogP contribution in [0.5, 0.6) is 5.75 Å². The Morgan fingerprint density at radius 2 is 1.86 bits per heavy atom. The van der Waals surface area contributed by atoms with Crippen LogP contribution < -0.4 is 10.1 Å². The first-order valence-corrected chi connectivity index (χ1v) is 6.67. The van der Waals surface area contributed by atoms with Gasteiger partial charge in [-0.1, -0.05) is 30.3 Å². The minimum atomic E-state index is -1.01. The number of rotatable bonds is 6. The van der Waals surface area contributed by atoms with E-state index in [1.165, 1.54) is 0 Å². The maximum Gasteiger partial charge on any atom is 0.341 e. The standard InChI is InChI=1S/C16H17NO4/c1-17-15(18)9-8-11-4-2-6-13-12(11)5-3-7-14(13)21-10-16(19)20/h2-7H,8-10H2,1H3,(H,17,18)(H,19,20). The predicted molar refractivity (Wildman–Crippen MR) is 79.5 cm³/mol. The highest BCUT2D eigenvalue weighted by atomic mass is 16.5. The molecule has 5 heteroatoms. The lowest BCUT2D eigenvalue weighted by atomic mass is 10.00. The third-order valence-electron chi connectivity index (χ3n) is 3.22. The lowest BCUT2D eigenvalue weighted by Crippen LogP contribution is -2.17. The van der Waals surface area contributed by atoms with Crippen molar-refractivity contribution in [1.82, 2.24) is 5.32 Å². The highest BCUT2D eigenvalue weighted by molar-refractivity contribution is 5.91. The quantitative estimate of drug-likeness (QED) is 0.852. The summed E-state index contributed by atoms with van der Waals surface area (Å²) in [5.74, 6) is -0.482. The number of hydrogen-bond acceptors (Lipinski definition) is 3. The molecule has 0 saturated heterocycles. The second kappa shape index (κ2) is 6.74. The van der Waals surface area contributed by atoms with E-state index in [1.807, 2.05) is 30.3 Å². The second-order valence-corrected chi connectivity index (χ2v) is 4.62. The molecule has 1 amide bonds. The minimum absolute atomic E-state index is 0.00900. The summed E-state index contributed by atoms with van der Waals surface area (Å²) in [7, 11) is 1.61. The van der Waals surface area contributed by atoms with E-state index in [9.17, 15) is 9.59 Å². The lowest BCUT2D eigenvalue weighted by molar-refractivity contribution is -0.139. The number of carbonyl (C=O) groups is 2. The number of hydrogen-bond donors (Lipinski definition) is 2. The summed E-state index contributed by atoms with van der Waals surface area (Å²) >= 11 is 0. The predicted octanol–water partition coefficient (Wildman–Crippen LogP) is 1.98. The number of aliphatic carboxylic acids is 1. The summed E-state index contributed by atoms with van der Waals surface area (Å²) in [5, 5.41) is 13.1. The third kappa shape index (κ3) is 3.72. The molecule has 110 valence electrons.